The van der Waals surface area contributed by atoms with Crippen molar-refractivity contribution < 1.29 is 4.65 Å². The molecule has 0 aliphatic heterocycles. The van der Waals surface area contributed by atoms with E-state index in [1.54, 1.807) is 10.8 Å². The van der Waals surface area contributed by atoms with E-state index in [0.717, 1.165) is 21.3 Å². The predicted molar refractivity (Wildman–Crippen MR) is 78.9 cm³/mol. The normalized spacial score (nSPS) is 11.9. The summed E-state index contributed by atoms with van der Waals surface area (Å²) in [5, 5.41) is 10.4. The molecule has 0 bridgehead atoms. The van der Waals surface area contributed by atoms with E-state index in [9.17, 15) is 5.26 Å². The van der Waals surface area contributed by atoms with Crippen LogP contribution in [0.1, 0.15) is 27.1 Å². The molecule has 2 heterocycles. The van der Waals surface area contributed by atoms with Crippen molar-refractivity contribution in [3.63, 3.8) is 0 Å². The first-order valence-electron chi connectivity index (χ1n) is 5.96. The van der Waals surface area contributed by atoms with Gasteiger partial charge in [0.05, 0.1) is 21.3 Å². The lowest BCUT2D eigenvalue weighted by Crippen LogP contribution is -2.02. The van der Waals surface area contributed by atoms with E-state index in [1.165, 1.54) is 11.3 Å². The van der Waals surface area contributed by atoms with Crippen LogP contribution >= 0.6 is 11.3 Å². The molecule has 7 heteroatoms. The lowest BCUT2D eigenvalue weighted by Gasteiger charge is -2.10. The smallest absolute Gasteiger partial charge is 0.374 e. The highest BCUT2D eigenvalue weighted by Crippen LogP contribution is 2.30. The van der Waals surface area contributed by atoms with Crippen LogP contribution < -0.4 is 0 Å². The van der Waals surface area contributed by atoms with Crippen LogP contribution in [0.2, 0.25) is 0 Å². The van der Waals surface area contributed by atoms with E-state index < -0.39 is 0 Å². The van der Waals surface area contributed by atoms with Gasteiger partial charge in [-0.05, 0) is 27.7 Å². The van der Waals surface area contributed by atoms with Crippen LogP contribution in [0.5, 0.6) is 0 Å². The second-order valence-electron chi connectivity index (χ2n) is 4.35. The Balaban J connectivity index is 2.69. The maximum absolute atomic E-state index is 9.47. The number of hydrogen-bond acceptors (Lipinski definition) is 5. The average molecular weight is 284 g/mol. The molecule has 0 aliphatic rings. The first-order chi connectivity index (χ1) is 9.47. The van der Waals surface area contributed by atoms with Crippen LogP contribution in [0.4, 0.5) is 0 Å². The number of aromatic nitrogens is 3. The van der Waals surface area contributed by atoms with Crippen molar-refractivity contribution in [3.05, 3.63) is 33.3 Å². The summed E-state index contributed by atoms with van der Waals surface area (Å²) in [7, 11) is 5.39. The molecule has 2 rings (SSSR count). The summed E-state index contributed by atoms with van der Waals surface area (Å²) in [5.41, 5.74) is 1.91. The zero-order valence-electron chi connectivity index (χ0n) is 11.8. The Kier molecular flexibility index (Phi) is 3.95. The minimum atomic E-state index is 0.303. The van der Waals surface area contributed by atoms with E-state index in [1.807, 2.05) is 27.7 Å². The first kappa shape index (κ1) is 14.3. The molecule has 0 fully saturated rings. The Labute approximate surface area is 123 Å². The van der Waals surface area contributed by atoms with Gasteiger partial charge in [0.1, 0.15) is 11.9 Å². The maximum atomic E-state index is 9.47. The van der Waals surface area contributed by atoms with Crippen LogP contribution in [-0.2, 0) is 4.65 Å². The predicted octanol–water partition coefficient (Wildman–Crippen LogP) is 2.52. The minimum absolute atomic E-state index is 0.303. The topological polar surface area (TPSA) is 63.7 Å². The number of thiazole rings is 1. The Hall–Kier alpha value is -2.07. The third-order valence-electron chi connectivity index (χ3n) is 2.79. The van der Waals surface area contributed by atoms with Gasteiger partial charge in [-0.1, -0.05) is 0 Å². The van der Waals surface area contributed by atoms with Crippen molar-refractivity contribution in [2.24, 2.45) is 0 Å². The number of rotatable bonds is 3. The summed E-state index contributed by atoms with van der Waals surface area (Å²) < 4.78 is 6.65. The third-order valence-corrected chi connectivity index (χ3v) is 3.86. The Bertz CT molecular complexity index is 723. The number of hydrogen-bond donors (Lipinski definition) is 0. The average Bonchev–Trinajstić information content (AvgIpc) is 2.88. The van der Waals surface area contributed by atoms with Crippen LogP contribution in [0, 0.1) is 39.0 Å². The van der Waals surface area contributed by atoms with E-state index in [2.05, 4.69) is 16.0 Å². The van der Waals surface area contributed by atoms with Gasteiger partial charge in [0.2, 0.25) is 0 Å². The fourth-order valence-electron chi connectivity index (χ4n) is 2.02. The molecule has 0 atom stereocenters. The molecule has 0 unspecified atom stereocenters. The summed E-state index contributed by atoms with van der Waals surface area (Å²) in [6.45, 7) is 7.44. The molecular formula is C13H13BN4OS. The lowest BCUT2D eigenvalue weighted by molar-refractivity contribution is 0.573. The second kappa shape index (κ2) is 5.51. The molecule has 0 saturated carbocycles. The highest BCUT2D eigenvalue weighted by molar-refractivity contribution is 7.12. The monoisotopic (exact) mass is 284 g/mol. The molecular weight excluding hydrogens is 271 g/mol. The van der Waals surface area contributed by atoms with Crippen LogP contribution in [0.15, 0.2) is 6.20 Å². The number of aryl methyl sites for hydroxylation is 4. The molecule has 20 heavy (non-hydrogen) atoms. The van der Waals surface area contributed by atoms with E-state index in [4.69, 9.17) is 12.7 Å². The molecule has 0 saturated heterocycles. The molecule has 0 N–H and O–H groups in total. The van der Waals surface area contributed by atoms with Gasteiger partial charge in [-0.2, -0.15) is 5.26 Å². The van der Waals surface area contributed by atoms with E-state index >= 15 is 0 Å². The first-order valence-corrected chi connectivity index (χ1v) is 6.78. The van der Waals surface area contributed by atoms with Crippen molar-refractivity contribution in [2.75, 3.05) is 0 Å². The Morgan fingerprint density at radius 1 is 1.35 bits per heavy atom. The molecule has 2 aromatic heterocycles. The van der Waals surface area contributed by atoms with Crippen molar-refractivity contribution in [3.8, 4) is 6.07 Å². The molecule has 0 spiro atoms. The second-order valence-corrected chi connectivity index (χ2v) is 5.56. The van der Waals surface area contributed by atoms with Crippen molar-refractivity contribution in [2.45, 2.75) is 27.7 Å². The highest BCUT2D eigenvalue weighted by Gasteiger charge is 2.18. The Morgan fingerprint density at radius 3 is 2.45 bits per heavy atom. The summed E-state index contributed by atoms with van der Waals surface area (Å²) in [6, 6.07) is 2.13. The van der Waals surface area contributed by atoms with Gasteiger partial charge < -0.3 is 4.65 Å². The lowest BCUT2D eigenvalue weighted by atomic mass is 10.2. The largest absolute Gasteiger partial charge is 0.565 e. The van der Waals surface area contributed by atoms with Crippen LogP contribution in [-0.4, -0.2) is 22.6 Å². The van der Waals surface area contributed by atoms with Crippen molar-refractivity contribution in [1.29, 1.82) is 5.26 Å². The van der Waals surface area contributed by atoms with Gasteiger partial charge in [0.25, 0.3) is 0 Å². The van der Waals surface area contributed by atoms with Gasteiger partial charge in [-0.15, -0.1) is 11.3 Å². The fraction of sp³-hybridized carbons (Fsp3) is 0.308. The summed E-state index contributed by atoms with van der Waals surface area (Å²) in [4.78, 5) is 9.38. The molecule has 0 aliphatic carbocycles. The van der Waals surface area contributed by atoms with Gasteiger partial charge >= 0.3 is 8.05 Å². The minimum Gasteiger partial charge on any atom is -0.565 e. The summed E-state index contributed by atoms with van der Waals surface area (Å²) >= 11 is 1.44. The van der Waals surface area contributed by atoms with Gasteiger partial charge in [0, 0.05) is 6.20 Å². The zero-order valence-corrected chi connectivity index (χ0v) is 12.6. The number of allylic oxidation sites excluding steroid dienone is 1. The summed E-state index contributed by atoms with van der Waals surface area (Å²) in [6.07, 6.45) is 1.77. The van der Waals surface area contributed by atoms with Crippen LogP contribution in [0.25, 0.3) is 11.5 Å². The molecule has 5 nitrogen and oxygen atoms in total. The number of imidazole rings is 1. The van der Waals surface area contributed by atoms with Gasteiger partial charge in [-0.25, -0.2) is 9.97 Å². The highest BCUT2D eigenvalue weighted by atomic mass is 32.1. The van der Waals surface area contributed by atoms with Crippen LogP contribution in [0.3, 0.4) is 0 Å². The zero-order chi connectivity index (χ0) is 14.9. The quantitative estimate of drug-likeness (QED) is 0.493. The van der Waals surface area contributed by atoms with Gasteiger partial charge in [-0.3, -0.25) is 4.57 Å². The standard InChI is InChI=1S/C13H13BN4OS/c1-7-6-18(9(3)16-7)11(5-15)12(19-14)13-8(2)17-10(4)20-13/h6H,1-4H3. The molecule has 100 valence electrons. The van der Waals surface area contributed by atoms with Crippen molar-refractivity contribution >= 4 is 30.8 Å². The molecule has 0 amide bonds. The third kappa shape index (κ3) is 2.47. The molecule has 0 aromatic carbocycles. The summed E-state index contributed by atoms with van der Waals surface area (Å²) in [5.74, 6) is 1.02. The van der Waals surface area contributed by atoms with E-state index in [-0.39, 0.29) is 0 Å². The fourth-order valence-corrected chi connectivity index (χ4v) is 2.93. The molecule has 2 radical (unpaired) electrons. The number of nitrogens with zero attached hydrogens (tertiary/aromatic N) is 4. The SMILES string of the molecule is [B]OC(=C(C#N)n1cc(C)nc1C)c1sc(C)nc1C. The Morgan fingerprint density at radius 2 is 2.05 bits per heavy atom. The molecule has 2 aromatic rings. The van der Waals surface area contributed by atoms with E-state index in [0.29, 0.717) is 17.3 Å². The van der Waals surface area contributed by atoms with Gasteiger partial charge in [0.15, 0.2) is 11.5 Å². The number of nitriles is 1. The van der Waals surface area contributed by atoms with Crippen molar-refractivity contribution in [1.82, 2.24) is 14.5 Å². The maximum Gasteiger partial charge on any atom is 0.374 e.